The van der Waals surface area contributed by atoms with Gasteiger partial charge in [0.15, 0.2) is 0 Å². The zero-order valence-corrected chi connectivity index (χ0v) is 13.0. The molecule has 3 heteroatoms. The second-order valence-electron chi connectivity index (χ2n) is 6.82. The molecule has 1 N–H and O–H groups in total. The van der Waals surface area contributed by atoms with Crippen molar-refractivity contribution >= 4 is 11.7 Å². The van der Waals surface area contributed by atoms with Crippen LogP contribution >= 0.6 is 0 Å². The molecule has 1 rings (SSSR count). The lowest BCUT2D eigenvalue weighted by Crippen LogP contribution is -2.26. The molecule has 0 fully saturated rings. The van der Waals surface area contributed by atoms with Crippen LogP contribution in [0.15, 0.2) is 30.9 Å². The van der Waals surface area contributed by atoms with Crippen LogP contribution in [0, 0.1) is 11.5 Å². The van der Waals surface area contributed by atoms with Crippen LogP contribution in [0.4, 0.5) is 5.69 Å². The Morgan fingerprint density at radius 3 is 2.60 bits per heavy atom. The van der Waals surface area contributed by atoms with Crippen LogP contribution in [0.3, 0.4) is 0 Å². The summed E-state index contributed by atoms with van der Waals surface area (Å²) in [6.45, 7) is 14.4. The van der Waals surface area contributed by atoms with Crippen molar-refractivity contribution < 1.29 is 9.63 Å². The maximum absolute atomic E-state index is 11.2. The van der Waals surface area contributed by atoms with Crippen molar-refractivity contribution in [2.45, 2.75) is 46.5 Å². The minimum absolute atomic E-state index is 0.0454. The molecule has 0 atom stereocenters. The highest BCUT2D eigenvalue weighted by atomic mass is 16.7. The highest BCUT2D eigenvalue weighted by Gasteiger charge is 2.29. The van der Waals surface area contributed by atoms with E-state index in [9.17, 15) is 4.79 Å². The monoisotopic (exact) mass is 274 g/mol. The summed E-state index contributed by atoms with van der Waals surface area (Å²) in [7, 11) is 0. The average Bonchev–Trinajstić information content (AvgIpc) is 2.33. The van der Waals surface area contributed by atoms with Gasteiger partial charge in [-0.05, 0) is 34.9 Å². The van der Waals surface area contributed by atoms with E-state index in [4.69, 9.17) is 4.84 Å². The lowest BCUT2D eigenvalue weighted by Gasteiger charge is -2.34. The second kappa shape index (κ2) is 6.12. The Labute approximate surface area is 122 Å². The molecular weight excluding hydrogens is 250 g/mol. The highest BCUT2D eigenvalue weighted by Crippen LogP contribution is 2.39. The molecule has 20 heavy (non-hydrogen) atoms. The Hall–Kier alpha value is -1.77. The van der Waals surface area contributed by atoms with E-state index in [1.165, 1.54) is 0 Å². The molecule has 0 aliphatic rings. The van der Waals surface area contributed by atoms with Gasteiger partial charge in [0.2, 0.25) is 0 Å². The number of hydrogen-bond donors (Lipinski definition) is 1. The van der Waals surface area contributed by atoms with Crippen molar-refractivity contribution in [3.05, 3.63) is 42.5 Å². The minimum Gasteiger partial charge on any atom is -0.339 e. The van der Waals surface area contributed by atoms with E-state index in [2.05, 4.69) is 52.7 Å². The van der Waals surface area contributed by atoms with Gasteiger partial charge in [0.1, 0.15) is 0 Å². The molecule has 0 spiro atoms. The molecule has 0 aliphatic carbocycles. The number of carbonyl (C=O) groups excluding carboxylic acids is 1. The van der Waals surface area contributed by atoms with Crippen molar-refractivity contribution in [3.63, 3.8) is 0 Å². The number of rotatable bonds is 5. The fraction of sp³-hybridized carbons (Fsp3) is 0.471. The third-order valence-corrected chi connectivity index (χ3v) is 2.99. The summed E-state index contributed by atoms with van der Waals surface area (Å²) < 4.78 is 0. The summed E-state index contributed by atoms with van der Waals surface area (Å²) >= 11 is 0. The van der Waals surface area contributed by atoms with Crippen LogP contribution < -0.4 is 5.48 Å². The van der Waals surface area contributed by atoms with Crippen molar-refractivity contribution in [1.82, 2.24) is 0 Å². The third kappa shape index (κ3) is 4.72. The van der Waals surface area contributed by atoms with Crippen LogP contribution in [0.2, 0.25) is 0 Å². The lowest BCUT2D eigenvalue weighted by molar-refractivity contribution is -0.134. The molecule has 1 radical (unpaired) electrons. The van der Waals surface area contributed by atoms with Gasteiger partial charge in [0.05, 0.1) is 5.69 Å². The first-order valence-electron chi connectivity index (χ1n) is 6.75. The maximum atomic E-state index is 11.2. The second-order valence-corrected chi connectivity index (χ2v) is 6.82. The molecule has 1 aromatic rings. The van der Waals surface area contributed by atoms with Crippen LogP contribution in [0.5, 0.6) is 0 Å². The van der Waals surface area contributed by atoms with Gasteiger partial charge in [-0.2, -0.15) is 0 Å². The van der Waals surface area contributed by atoms with Gasteiger partial charge in [-0.15, -0.1) is 0 Å². The number of nitrogens with one attached hydrogen (secondary N) is 1. The van der Waals surface area contributed by atoms with Gasteiger partial charge < -0.3 is 4.84 Å². The Morgan fingerprint density at radius 1 is 1.40 bits per heavy atom. The molecule has 0 aliphatic heterocycles. The van der Waals surface area contributed by atoms with Crippen LogP contribution in [-0.2, 0) is 15.0 Å². The summed E-state index contributed by atoms with van der Waals surface area (Å²) in [5, 5.41) is 0. The lowest BCUT2D eigenvalue weighted by atomic mass is 9.72. The van der Waals surface area contributed by atoms with E-state index < -0.39 is 5.97 Å². The zero-order valence-electron chi connectivity index (χ0n) is 13.0. The van der Waals surface area contributed by atoms with E-state index in [1.54, 1.807) is 6.07 Å². The van der Waals surface area contributed by atoms with E-state index in [1.807, 2.05) is 12.1 Å². The predicted octanol–water partition coefficient (Wildman–Crippen LogP) is 4.26. The first-order valence-corrected chi connectivity index (χ1v) is 6.75. The van der Waals surface area contributed by atoms with Crippen LogP contribution in [0.25, 0.3) is 0 Å². The molecule has 0 saturated heterocycles. The quantitative estimate of drug-likeness (QED) is 0.644. The molecule has 1 aromatic carbocycles. The van der Waals surface area contributed by atoms with Gasteiger partial charge in [0.25, 0.3) is 0 Å². The summed E-state index contributed by atoms with van der Waals surface area (Å²) in [6.07, 6.45) is 2.13. The van der Waals surface area contributed by atoms with Crippen LogP contribution in [-0.4, -0.2) is 5.97 Å². The fourth-order valence-electron chi connectivity index (χ4n) is 2.67. The van der Waals surface area contributed by atoms with Gasteiger partial charge >= 0.3 is 5.97 Å². The standard InChI is InChI=1S/C17H24NO2/c1-7-15(19)20-18-14-11-9-8-10-13(14)17(5,6)12-16(2,3)4/h7-8,10-11,18H,1,12H2,2-6H3. The number of benzene rings is 1. The van der Waals surface area contributed by atoms with E-state index in [0.717, 1.165) is 23.7 Å². The van der Waals surface area contributed by atoms with Gasteiger partial charge in [-0.3, -0.25) is 0 Å². The molecule has 109 valence electrons. The molecule has 0 unspecified atom stereocenters. The molecule has 0 bridgehead atoms. The van der Waals surface area contributed by atoms with Crippen molar-refractivity contribution in [2.75, 3.05) is 5.48 Å². The molecule has 0 heterocycles. The van der Waals surface area contributed by atoms with Gasteiger partial charge in [0, 0.05) is 6.08 Å². The predicted molar refractivity (Wildman–Crippen MR) is 82.3 cm³/mol. The molecule has 0 aromatic heterocycles. The van der Waals surface area contributed by atoms with Gasteiger partial charge in [-0.25, -0.2) is 10.3 Å². The number of anilines is 1. The van der Waals surface area contributed by atoms with E-state index in [0.29, 0.717) is 0 Å². The summed E-state index contributed by atoms with van der Waals surface area (Å²) in [5.41, 5.74) is 4.73. The minimum atomic E-state index is -0.506. The molecule has 3 nitrogen and oxygen atoms in total. The Morgan fingerprint density at radius 2 is 2.05 bits per heavy atom. The van der Waals surface area contributed by atoms with Crippen molar-refractivity contribution in [2.24, 2.45) is 5.41 Å². The zero-order chi connectivity index (χ0) is 15.4. The molecular formula is C17H24NO2. The molecule has 0 saturated carbocycles. The van der Waals surface area contributed by atoms with Crippen LogP contribution in [0.1, 0.15) is 46.6 Å². The first-order chi connectivity index (χ1) is 9.15. The largest absolute Gasteiger partial charge is 0.355 e. The van der Waals surface area contributed by atoms with Crippen molar-refractivity contribution in [3.8, 4) is 0 Å². The average molecular weight is 274 g/mol. The summed E-state index contributed by atoms with van der Waals surface area (Å²) in [4.78, 5) is 16.1. The Kier molecular flexibility index (Phi) is 4.98. The SMILES string of the molecule is C=CC(=O)ONc1c[c]ccc1C(C)(C)CC(C)(C)C. The smallest absolute Gasteiger partial charge is 0.339 e. The maximum Gasteiger partial charge on any atom is 0.355 e. The molecule has 0 amide bonds. The van der Waals surface area contributed by atoms with E-state index in [-0.39, 0.29) is 10.8 Å². The summed E-state index contributed by atoms with van der Waals surface area (Å²) in [5.74, 6) is -0.506. The summed E-state index contributed by atoms with van der Waals surface area (Å²) in [6, 6.07) is 8.67. The normalized spacial score (nSPS) is 11.8. The van der Waals surface area contributed by atoms with Gasteiger partial charge in [-0.1, -0.05) is 53.3 Å². The Balaban J connectivity index is 2.99. The first kappa shape index (κ1) is 16.3. The third-order valence-electron chi connectivity index (χ3n) is 2.99. The highest BCUT2D eigenvalue weighted by molar-refractivity contribution is 5.82. The Bertz CT molecular complexity index is 484. The van der Waals surface area contributed by atoms with E-state index >= 15 is 0 Å². The fourth-order valence-corrected chi connectivity index (χ4v) is 2.67. The van der Waals surface area contributed by atoms with Crippen molar-refractivity contribution in [1.29, 1.82) is 0 Å². The number of hydrogen-bond acceptors (Lipinski definition) is 3. The number of carbonyl (C=O) groups is 1. The topological polar surface area (TPSA) is 38.3 Å².